The van der Waals surface area contributed by atoms with E-state index in [1.54, 1.807) is 6.92 Å². The zero-order valence-corrected chi connectivity index (χ0v) is 7.92. The minimum atomic E-state index is -2.71. The molecule has 0 aliphatic carbocycles. The largest absolute Gasteiger partial charge is 0.503 e. The maximum Gasteiger partial charge on any atom is 0.278 e. The van der Waals surface area contributed by atoms with Gasteiger partial charge in [0.1, 0.15) is 0 Å². The van der Waals surface area contributed by atoms with Gasteiger partial charge < -0.3 is 9.67 Å². The zero-order valence-electron chi connectivity index (χ0n) is 7.92. The predicted octanol–water partition coefficient (Wildman–Crippen LogP) is 1.59. The molecule has 5 heteroatoms. The Morgan fingerprint density at radius 3 is 2.57 bits per heavy atom. The number of rotatable bonds is 2. The highest BCUT2D eigenvalue weighted by molar-refractivity contribution is 5.30. The Bertz CT molecular complexity index is 399. The number of aromatic hydroxyl groups is 1. The van der Waals surface area contributed by atoms with E-state index in [1.165, 1.54) is 7.05 Å². The van der Waals surface area contributed by atoms with E-state index in [2.05, 4.69) is 0 Å². The molecule has 0 bridgehead atoms. The van der Waals surface area contributed by atoms with Gasteiger partial charge in [-0.3, -0.25) is 4.79 Å². The van der Waals surface area contributed by atoms with Gasteiger partial charge in [-0.05, 0) is 6.42 Å². The molecule has 0 fully saturated rings. The van der Waals surface area contributed by atoms with E-state index in [4.69, 9.17) is 0 Å². The van der Waals surface area contributed by atoms with Crippen molar-refractivity contribution in [1.82, 2.24) is 4.57 Å². The van der Waals surface area contributed by atoms with E-state index in [0.29, 0.717) is 6.42 Å². The molecule has 1 heterocycles. The molecule has 0 atom stereocenters. The first-order valence-electron chi connectivity index (χ1n) is 4.19. The van der Waals surface area contributed by atoms with Crippen LogP contribution < -0.4 is 5.43 Å². The average molecular weight is 203 g/mol. The molecule has 1 aromatic rings. The lowest BCUT2D eigenvalue weighted by atomic mass is 10.2. The predicted molar refractivity (Wildman–Crippen MR) is 47.7 cm³/mol. The molecule has 1 aromatic heterocycles. The van der Waals surface area contributed by atoms with Gasteiger partial charge >= 0.3 is 0 Å². The van der Waals surface area contributed by atoms with Gasteiger partial charge in [-0.15, -0.1) is 0 Å². The van der Waals surface area contributed by atoms with Crippen molar-refractivity contribution in [2.45, 2.75) is 19.8 Å². The molecule has 0 saturated carbocycles. The van der Waals surface area contributed by atoms with Crippen LogP contribution in [0.15, 0.2) is 10.9 Å². The van der Waals surface area contributed by atoms with Crippen LogP contribution >= 0.6 is 0 Å². The normalized spacial score (nSPS) is 10.9. The number of hydrogen-bond donors (Lipinski definition) is 1. The molecule has 0 radical (unpaired) electrons. The second kappa shape index (κ2) is 3.77. The van der Waals surface area contributed by atoms with Crippen LogP contribution in [-0.2, 0) is 13.5 Å². The Labute approximate surface area is 79.6 Å². The average Bonchev–Trinajstić information content (AvgIpc) is 2.12. The lowest BCUT2D eigenvalue weighted by Gasteiger charge is -2.13. The van der Waals surface area contributed by atoms with Crippen molar-refractivity contribution in [3.63, 3.8) is 0 Å². The van der Waals surface area contributed by atoms with Crippen molar-refractivity contribution in [3.05, 3.63) is 27.7 Å². The molecule has 0 aromatic carbocycles. The molecule has 0 aliphatic heterocycles. The van der Waals surface area contributed by atoms with Crippen LogP contribution in [-0.4, -0.2) is 9.67 Å². The van der Waals surface area contributed by atoms with E-state index in [1.807, 2.05) is 0 Å². The van der Waals surface area contributed by atoms with Crippen LogP contribution in [0, 0.1) is 0 Å². The molecular weight excluding hydrogens is 192 g/mol. The van der Waals surface area contributed by atoms with E-state index in [0.717, 1.165) is 10.6 Å². The summed E-state index contributed by atoms with van der Waals surface area (Å²) in [5.41, 5.74) is -0.896. The lowest BCUT2D eigenvalue weighted by Crippen LogP contribution is -2.15. The second-order valence-corrected chi connectivity index (χ2v) is 2.94. The molecule has 0 unspecified atom stereocenters. The monoisotopic (exact) mass is 203 g/mol. The molecule has 1 rings (SSSR count). The van der Waals surface area contributed by atoms with Crippen molar-refractivity contribution in [3.8, 4) is 5.75 Å². The van der Waals surface area contributed by atoms with E-state index < -0.39 is 17.6 Å². The van der Waals surface area contributed by atoms with Crippen molar-refractivity contribution < 1.29 is 13.9 Å². The van der Waals surface area contributed by atoms with Gasteiger partial charge in [0.05, 0.1) is 11.4 Å². The number of hydrogen-bond acceptors (Lipinski definition) is 2. The molecule has 14 heavy (non-hydrogen) atoms. The third kappa shape index (κ3) is 1.62. The molecule has 0 saturated heterocycles. The highest BCUT2D eigenvalue weighted by Crippen LogP contribution is 2.21. The smallest absolute Gasteiger partial charge is 0.278 e. The molecule has 0 spiro atoms. The Morgan fingerprint density at radius 1 is 1.57 bits per heavy atom. The summed E-state index contributed by atoms with van der Waals surface area (Å²) >= 11 is 0. The Hall–Kier alpha value is -1.39. The number of pyridine rings is 1. The van der Waals surface area contributed by atoms with Gasteiger partial charge in [0.15, 0.2) is 5.75 Å². The summed E-state index contributed by atoms with van der Waals surface area (Å²) < 4.78 is 26.0. The molecular formula is C9H11F2NO2. The third-order valence-electron chi connectivity index (χ3n) is 2.14. The maximum atomic E-state index is 12.4. The number of alkyl halides is 2. The van der Waals surface area contributed by atoms with Crippen LogP contribution in [0.25, 0.3) is 0 Å². The Kier molecular flexibility index (Phi) is 2.88. The summed E-state index contributed by atoms with van der Waals surface area (Å²) in [4.78, 5) is 11.1. The molecule has 0 aliphatic rings. The topological polar surface area (TPSA) is 42.2 Å². The molecule has 78 valence electrons. The summed E-state index contributed by atoms with van der Waals surface area (Å²) in [5, 5.41) is 9.31. The van der Waals surface area contributed by atoms with E-state index in [9.17, 15) is 18.7 Å². The first kappa shape index (κ1) is 10.7. The minimum Gasteiger partial charge on any atom is -0.503 e. The van der Waals surface area contributed by atoms with Crippen molar-refractivity contribution in [1.29, 1.82) is 0 Å². The summed E-state index contributed by atoms with van der Waals surface area (Å²) in [6.45, 7) is 1.68. The fraction of sp³-hybridized carbons (Fsp3) is 0.444. The second-order valence-electron chi connectivity index (χ2n) is 2.94. The van der Waals surface area contributed by atoms with Crippen molar-refractivity contribution >= 4 is 0 Å². The fourth-order valence-electron chi connectivity index (χ4n) is 1.37. The maximum absolute atomic E-state index is 12.4. The van der Waals surface area contributed by atoms with Crippen LogP contribution in [0.4, 0.5) is 8.78 Å². The van der Waals surface area contributed by atoms with Crippen LogP contribution in [0.1, 0.15) is 24.7 Å². The van der Waals surface area contributed by atoms with Crippen LogP contribution in [0.2, 0.25) is 0 Å². The summed E-state index contributed by atoms with van der Waals surface area (Å²) in [6, 6.07) is 0.763. The zero-order chi connectivity index (χ0) is 10.9. The first-order chi connectivity index (χ1) is 6.49. The molecule has 1 N–H and O–H groups in total. The SMILES string of the molecule is CCc1c(O)c(=O)cc(C(F)F)n1C. The first-order valence-corrected chi connectivity index (χ1v) is 4.19. The van der Waals surface area contributed by atoms with Crippen molar-refractivity contribution in [2.75, 3.05) is 0 Å². The number of aromatic nitrogens is 1. The van der Waals surface area contributed by atoms with Gasteiger partial charge in [0.25, 0.3) is 6.43 Å². The molecule has 0 amide bonds. The van der Waals surface area contributed by atoms with Gasteiger partial charge in [0, 0.05) is 13.1 Å². The third-order valence-corrected chi connectivity index (χ3v) is 2.14. The summed E-state index contributed by atoms with van der Waals surface area (Å²) in [7, 11) is 1.40. The van der Waals surface area contributed by atoms with Gasteiger partial charge in [-0.2, -0.15) is 0 Å². The fourth-order valence-corrected chi connectivity index (χ4v) is 1.37. The van der Waals surface area contributed by atoms with E-state index in [-0.39, 0.29) is 11.4 Å². The Balaban J connectivity index is 3.51. The van der Waals surface area contributed by atoms with Gasteiger partial charge in [0.2, 0.25) is 5.43 Å². The van der Waals surface area contributed by atoms with Gasteiger partial charge in [-0.1, -0.05) is 6.92 Å². The van der Waals surface area contributed by atoms with Crippen molar-refractivity contribution in [2.24, 2.45) is 7.05 Å². The number of halogens is 2. The minimum absolute atomic E-state index is 0.229. The summed E-state index contributed by atoms with van der Waals surface area (Å²) in [5.74, 6) is -0.445. The van der Waals surface area contributed by atoms with E-state index >= 15 is 0 Å². The highest BCUT2D eigenvalue weighted by Gasteiger charge is 2.16. The number of nitrogens with zero attached hydrogens (tertiary/aromatic N) is 1. The van der Waals surface area contributed by atoms with Crippen LogP contribution in [0.5, 0.6) is 5.75 Å². The summed E-state index contributed by atoms with van der Waals surface area (Å²) in [6.07, 6.45) is -2.38. The highest BCUT2D eigenvalue weighted by atomic mass is 19.3. The standard InChI is InChI=1S/C9H11F2NO2/c1-3-5-8(14)7(13)4-6(9(10)11)12(5)2/h4,9,14H,3H2,1-2H3. The van der Waals surface area contributed by atoms with Crippen LogP contribution in [0.3, 0.4) is 0 Å². The lowest BCUT2D eigenvalue weighted by molar-refractivity contribution is 0.140. The Morgan fingerprint density at radius 2 is 2.14 bits per heavy atom. The quantitative estimate of drug-likeness (QED) is 0.793. The molecule has 3 nitrogen and oxygen atoms in total. The van der Waals surface area contributed by atoms with Gasteiger partial charge in [-0.25, -0.2) is 8.78 Å².